The van der Waals surface area contributed by atoms with Crippen LogP contribution in [0.4, 0.5) is 4.79 Å². The van der Waals surface area contributed by atoms with Gasteiger partial charge in [-0.3, -0.25) is 4.98 Å². The summed E-state index contributed by atoms with van der Waals surface area (Å²) in [5, 5.41) is 11.3. The number of carboxylic acid groups (broad SMARTS) is 1. The van der Waals surface area contributed by atoms with Crippen LogP contribution in [0.15, 0.2) is 24.5 Å². The van der Waals surface area contributed by atoms with Crippen molar-refractivity contribution < 1.29 is 19.4 Å². The van der Waals surface area contributed by atoms with Gasteiger partial charge in [-0.1, -0.05) is 13.8 Å². The van der Waals surface area contributed by atoms with Crippen molar-refractivity contribution in [3.63, 3.8) is 0 Å². The Kier molecular flexibility index (Phi) is 8.69. The van der Waals surface area contributed by atoms with Crippen LogP contribution in [0.5, 0.6) is 0 Å². The summed E-state index contributed by atoms with van der Waals surface area (Å²) in [5.41, 5.74) is 0.792. The van der Waals surface area contributed by atoms with Crippen LogP contribution in [-0.2, 0) is 16.1 Å². The number of carboxylic acids is 1. The van der Waals surface area contributed by atoms with E-state index < -0.39 is 18.1 Å². The van der Waals surface area contributed by atoms with Gasteiger partial charge in [0.2, 0.25) is 0 Å². The fraction of sp³-hybridized carbons (Fsp3) is 0.462. The number of aromatic nitrogens is 1. The standard InChI is InChI=1S/C13H18N2O4.Li.H/c1-9(2)7-11(12(16)17)15-13(18)19-8-10-3-5-14-6-4-10;;/h3-6,9,11H,7-8H2,1-2H3,(H,15,18)(H,16,17);;/t11-;;/m0../s1. The number of ether oxygens (including phenoxy) is 1. The van der Waals surface area contributed by atoms with E-state index >= 15 is 0 Å². The van der Waals surface area contributed by atoms with Crippen LogP contribution >= 0.6 is 0 Å². The fourth-order valence-electron chi connectivity index (χ4n) is 1.50. The normalized spacial score (nSPS) is 11.3. The molecule has 106 valence electrons. The molecule has 1 aromatic rings. The molecule has 2 N–H and O–H groups in total. The summed E-state index contributed by atoms with van der Waals surface area (Å²) in [6, 6.07) is 2.51. The Hall–Kier alpha value is -1.51. The third kappa shape index (κ3) is 7.17. The molecule has 0 aliphatic heterocycles. The Morgan fingerprint density at radius 2 is 1.95 bits per heavy atom. The van der Waals surface area contributed by atoms with E-state index in [1.54, 1.807) is 24.5 Å². The summed E-state index contributed by atoms with van der Waals surface area (Å²) in [7, 11) is 0. The number of alkyl carbamates (subject to hydrolysis) is 1. The van der Waals surface area contributed by atoms with Crippen LogP contribution in [0, 0.1) is 5.92 Å². The van der Waals surface area contributed by atoms with Gasteiger partial charge in [-0.05, 0) is 30.0 Å². The molecule has 0 unspecified atom stereocenters. The molecule has 1 aromatic heterocycles. The molecular formula is C13H19LiN2O4. The first-order chi connectivity index (χ1) is 8.99. The zero-order valence-electron chi connectivity index (χ0n) is 11.0. The first-order valence-electron chi connectivity index (χ1n) is 6.04. The van der Waals surface area contributed by atoms with Gasteiger partial charge < -0.3 is 15.2 Å². The number of aliphatic carboxylic acids is 1. The maximum atomic E-state index is 11.5. The summed E-state index contributed by atoms with van der Waals surface area (Å²) in [4.78, 5) is 26.3. The van der Waals surface area contributed by atoms with E-state index in [0.29, 0.717) is 6.42 Å². The van der Waals surface area contributed by atoms with Gasteiger partial charge in [0.15, 0.2) is 0 Å². The van der Waals surface area contributed by atoms with Crippen molar-refractivity contribution in [2.45, 2.75) is 32.9 Å². The zero-order valence-corrected chi connectivity index (χ0v) is 11.0. The van der Waals surface area contributed by atoms with Gasteiger partial charge in [0, 0.05) is 12.4 Å². The fourth-order valence-corrected chi connectivity index (χ4v) is 1.50. The van der Waals surface area contributed by atoms with E-state index in [1.165, 1.54) is 0 Å². The van der Waals surface area contributed by atoms with E-state index in [1.807, 2.05) is 13.8 Å². The molecule has 6 nitrogen and oxygen atoms in total. The minimum absolute atomic E-state index is 0. The van der Waals surface area contributed by atoms with E-state index in [-0.39, 0.29) is 31.4 Å². The molecule has 1 heterocycles. The summed E-state index contributed by atoms with van der Waals surface area (Å²) >= 11 is 0. The second-order valence-electron chi connectivity index (χ2n) is 4.60. The van der Waals surface area contributed by atoms with Gasteiger partial charge >= 0.3 is 30.9 Å². The number of hydrogen-bond acceptors (Lipinski definition) is 4. The van der Waals surface area contributed by atoms with Crippen LogP contribution in [0.3, 0.4) is 0 Å². The molecule has 1 rings (SSSR count). The average Bonchev–Trinajstić information content (AvgIpc) is 2.36. The number of nitrogens with zero attached hydrogens (tertiary/aromatic N) is 1. The Bertz CT molecular complexity index is 426. The van der Waals surface area contributed by atoms with Gasteiger partial charge in [-0.15, -0.1) is 0 Å². The number of rotatable bonds is 6. The molecule has 1 amide bonds. The van der Waals surface area contributed by atoms with Gasteiger partial charge in [0.1, 0.15) is 12.6 Å². The van der Waals surface area contributed by atoms with Crippen LogP contribution < -0.4 is 5.32 Å². The van der Waals surface area contributed by atoms with Gasteiger partial charge in [-0.2, -0.15) is 0 Å². The van der Waals surface area contributed by atoms with Crippen molar-refractivity contribution in [3.8, 4) is 0 Å². The minimum atomic E-state index is -1.06. The Balaban J connectivity index is 0.00000361. The predicted molar refractivity (Wildman–Crippen MR) is 75.6 cm³/mol. The third-order valence-electron chi connectivity index (χ3n) is 2.42. The molecular weight excluding hydrogens is 255 g/mol. The average molecular weight is 274 g/mol. The number of carbonyl (C=O) groups is 2. The molecule has 20 heavy (non-hydrogen) atoms. The van der Waals surface area contributed by atoms with E-state index in [2.05, 4.69) is 10.3 Å². The molecule has 0 bridgehead atoms. The molecule has 0 fully saturated rings. The maximum absolute atomic E-state index is 11.5. The van der Waals surface area contributed by atoms with Crippen LogP contribution in [0.2, 0.25) is 0 Å². The number of pyridine rings is 1. The summed E-state index contributed by atoms with van der Waals surface area (Å²) in [5.74, 6) is -0.892. The van der Waals surface area contributed by atoms with Crippen molar-refractivity contribution in [1.82, 2.24) is 10.3 Å². The molecule has 0 aliphatic carbocycles. The summed E-state index contributed by atoms with van der Waals surface area (Å²) in [6.07, 6.45) is 2.81. The first kappa shape index (κ1) is 18.5. The third-order valence-corrected chi connectivity index (χ3v) is 2.42. The SMILES string of the molecule is CC(C)C[C@H](NC(=O)OCc1ccncc1)C(=O)O.[LiH]. The first-order valence-corrected chi connectivity index (χ1v) is 6.04. The number of hydrogen-bond donors (Lipinski definition) is 2. The van der Waals surface area contributed by atoms with E-state index in [0.717, 1.165) is 5.56 Å². The topological polar surface area (TPSA) is 88.5 Å². The van der Waals surface area contributed by atoms with Gasteiger partial charge in [0.05, 0.1) is 0 Å². The molecule has 0 radical (unpaired) electrons. The number of nitrogens with one attached hydrogen (secondary N) is 1. The molecule has 0 aliphatic rings. The summed E-state index contributed by atoms with van der Waals surface area (Å²) < 4.78 is 4.95. The van der Waals surface area contributed by atoms with Gasteiger partial charge in [0.25, 0.3) is 0 Å². The quantitative estimate of drug-likeness (QED) is 0.760. The molecule has 0 spiro atoms. The molecule has 0 saturated carbocycles. The number of carbonyl (C=O) groups excluding carboxylic acids is 1. The van der Waals surface area contributed by atoms with Crippen LogP contribution in [0.25, 0.3) is 0 Å². The van der Waals surface area contributed by atoms with Crippen molar-refractivity contribution in [3.05, 3.63) is 30.1 Å². The van der Waals surface area contributed by atoms with Crippen LogP contribution in [0.1, 0.15) is 25.8 Å². The second-order valence-corrected chi connectivity index (χ2v) is 4.60. The Morgan fingerprint density at radius 1 is 1.35 bits per heavy atom. The second kappa shape index (κ2) is 9.40. The van der Waals surface area contributed by atoms with Crippen molar-refractivity contribution >= 4 is 30.9 Å². The molecule has 0 aromatic carbocycles. The van der Waals surface area contributed by atoms with E-state index in [9.17, 15) is 9.59 Å². The van der Waals surface area contributed by atoms with E-state index in [4.69, 9.17) is 9.84 Å². The van der Waals surface area contributed by atoms with Gasteiger partial charge in [-0.25, -0.2) is 9.59 Å². The van der Waals surface area contributed by atoms with Crippen molar-refractivity contribution in [2.75, 3.05) is 0 Å². The molecule has 7 heteroatoms. The van der Waals surface area contributed by atoms with Crippen molar-refractivity contribution in [2.24, 2.45) is 5.92 Å². The Morgan fingerprint density at radius 3 is 2.45 bits per heavy atom. The molecule has 0 saturated heterocycles. The summed E-state index contributed by atoms with van der Waals surface area (Å²) in [6.45, 7) is 3.86. The predicted octanol–water partition coefficient (Wildman–Crippen LogP) is 1.16. The van der Waals surface area contributed by atoms with Crippen molar-refractivity contribution in [1.29, 1.82) is 0 Å². The molecule has 1 atom stereocenters. The van der Waals surface area contributed by atoms with Crippen LogP contribution in [-0.4, -0.2) is 47.1 Å². The monoisotopic (exact) mass is 274 g/mol. The zero-order chi connectivity index (χ0) is 14.3. The number of amides is 1. The Labute approximate surface area is 130 Å².